The van der Waals surface area contributed by atoms with Gasteiger partial charge in [-0.2, -0.15) is 0 Å². The van der Waals surface area contributed by atoms with Crippen LogP contribution >= 0.6 is 23.2 Å². The molecular formula is C34H38Cl2FN3O7S2. The Morgan fingerprint density at radius 3 is 2.24 bits per heavy atom. The van der Waals surface area contributed by atoms with E-state index in [1.54, 1.807) is 61.5 Å². The lowest BCUT2D eigenvalue weighted by Gasteiger charge is -2.49. The van der Waals surface area contributed by atoms with E-state index in [-0.39, 0.29) is 18.7 Å². The molecule has 264 valence electrons. The number of anilines is 1. The molecule has 4 atom stereocenters. The number of rotatable bonds is 13. The predicted octanol–water partition coefficient (Wildman–Crippen LogP) is 6.16. The van der Waals surface area contributed by atoms with E-state index < -0.39 is 78.9 Å². The fourth-order valence-electron chi connectivity index (χ4n) is 5.87. The lowest BCUT2D eigenvalue weighted by molar-refractivity contribution is -0.181. The number of carbonyl (C=O) groups is 2. The zero-order chi connectivity index (χ0) is 35.7. The van der Waals surface area contributed by atoms with Crippen molar-refractivity contribution in [1.82, 2.24) is 9.62 Å². The Morgan fingerprint density at radius 1 is 0.980 bits per heavy atom. The number of morpholine rings is 1. The molecule has 2 amide bonds. The molecule has 1 heterocycles. The van der Waals surface area contributed by atoms with Crippen LogP contribution in [0.15, 0.2) is 72.8 Å². The van der Waals surface area contributed by atoms with Crippen LogP contribution in [-0.2, 0) is 34.4 Å². The second-order valence-corrected chi connectivity index (χ2v) is 17.7. The molecule has 2 fully saturated rings. The van der Waals surface area contributed by atoms with E-state index in [0.29, 0.717) is 34.0 Å². The Kier molecular flexibility index (Phi) is 11.3. The number of hydrogen-bond donors (Lipinski definition) is 1. The average Bonchev–Trinajstić information content (AvgIpc) is 3.90. The minimum absolute atomic E-state index is 0.141. The van der Waals surface area contributed by atoms with Crippen LogP contribution < -0.4 is 9.03 Å². The van der Waals surface area contributed by atoms with Crippen LogP contribution in [0.5, 0.6) is 0 Å². The monoisotopic (exact) mass is 753 g/mol. The fourth-order valence-corrected chi connectivity index (χ4v) is 8.73. The summed E-state index contributed by atoms with van der Waals surface area (Å²) >= 11 is 12.6. The number of sulfonamides is 2. The summed E-state index contributed by atoms with van der Waals surface area (Å²) in [5.74, 6) is -2.35. The first-order valence-electron chi connectivity index (χ1n) is 15.9. The first-order chi connectivity index (χ1) is 23.1. The highest BCUT2D eigenvalue weighted by Crippen LogP contribution is 2.45. The number of benzene rings is 3. The number of para-hydroxylation sites is 1. The molecule has 2 aliphatic rings. The Morgan fingerprint density at radius 2 is 1.65 bits per heavy atom. The van der Waals surface area contributed by atoms with Gasteiger partial charge in [0, 0.05) is 10.0 Å². The van der Waals surface area contributed by atoms with Crippen molar-refractivity contribution >= 4 is 60.8 Å². The van der Waals surface area contributed by atoms with Gasteiger partial charge in [0.05, 0.1) is 41.2 Å². The molecule has 1 aliphatic carbocycles. The van der Waals surface area contributed by atoms with E-state index in [4.69, 9.17) is 27.9 Å². The van der Waals surface area contributed by atoms with Crippen LogP contribution in [0.3, 0.4) is 0 Å². The van der Waals surface area contributed by atoms with Gasteiger partial charge in [-0.05, 0) is 80.6 Å². The van der Waals surface area contributed by atoms with Crippen molar-refractivity contribution in [2.24, 2.45) is 0 Å². The van der Waals surface area contributed by atoms with Gasteiger partial charge in [-0.15, -0.1) is 0 Å². The minimum atomic E-state index is -4.03. The topological polar surface area (TPSA) is 130 Å². The molecule has 10 nitrogen and oxygen atoms in total. The number of carbonyl (C=O) groups excluding carboxylic acids is 2. The normalized spacial score (nSPS) is 20.7. The first-order valence-corrected chi connectivity index (χ1v) is 19.7. The van der Waals surface area contributed by atoms with E-state index in [0.717, 1.165) is 4.31 Å². The van der Waals surface area contributed by atoms with Gasteiger partial charge in [-0.3, -0.25) is 18.6 Å². The molecule has 1 N–H and O–H groups in total. The van der Waals surface area contributed by atoms with Crippen molar-refractivity contribution in [3.8, 4) is 0 Å². The zero-order valence-electron chi connectivity index (χ0n) is 27.1. The van der Waals surface area contributed by atoms with Crippen LogP contribution in [0.1, 0.15) is 69.7 Å². The zero-order valence-corrected chi connectivity index (χ0v) is 30.3. The van der Waals surface area contributed by atoms with Crippen LogP contribution in [0, 0.1) is 5.82 Å². The van der Waals surface area contributed by atoms with Crippen molar-refractivity contribution < 1.29 is 35.6 Å². The van der Waals surface area contributed by atoms with Crippen molar-refractivity contribution in [1.29, 1.82) is 0 Å². The molecule has 3 aromatic carbocycles. The highest BCUT2D eigenvalue weighted by Gasteiger charge is 2.49. The number of nitrogens with one attached hydrogen (secondary N) is 1. The van der Waals surface area contributed by atoms with Crippen LogP contribution in [-0.4, -0.2) is 62.7 Å². The number of hydrogen-bond acceptors (Lipinski definition) is 7. The second-order valence-electron chi connectivity index (χ2n) is 12.5. The molecule has 1 saturated heterocycles. The molecule has 15 heteroatoms. The van der Waals surface area contributed by atoms with Crippen LogP contribution in [0.4, 0.5) is 10.1 Å². The van der Waals surface area contributed by atoms with E-state index in [9.17, 15) is 26.4 Å². The summed E-state index contributed by atoms with van der Waals surface area (Å²) in [4.78, 5) is 29.2. The summed E-state index contributed by atoms with van der Waals surface area (Å²) in [6, 6.07) is 17.3. The molecule has 0 bridgehead atoms. The van der Waals surface area contributed by atoms with Gasteiger partial charge < -0.3 is 9.64 Å². The van der Waals surface area contributed by atoms with E-state index in [2.05, 4.69) is 0 Å². The maximum absolute atomic E-state index is 15.3. The molecule has 1 aliphatic heterocycles. The van der Waals surface area contributed by atoms with E-state index in [1.807, 2.05) is 4.72 Å². The van der Waals surface area contributed by atoms with E-state index in [1.165, 1.54) is 36.9 Å². The Labute approximate surface area is 296 Å². The third-order valence-corrected chi connectivity index (χ3v) is 13.2. The summed E-state index contributed by atoms with van der Waals surface area (Å²) in [5, 5.41) is -0.779. The SMILES string of the molecule is CCC(CN(c1ccccc1F)S(=O)(=O)C1CC1)N1C(=O)[C@@H](CC(=O)NS(=O)(=O)C(C)C)O[C@H](c2cccc(Cl)c2)[C@H]1c1ccc(Cl)cc1. The molecule has 5 rings (SSSR count). The number of halogens is 3. The molecule has 0 spiro atoms. The predicted molar refractivity (Wildman–Crippen MR) is 187 cm³/mol. The van der Waals surface area contributed by atoms with Gasteiger partial charge in [0.1, 0.15) is 18.0 Å². The second kappa shape index (κ2) is 14.9. The standard InChI is InChI=1S/C34H38Cl2FN3O7S2/c1-4-26(20-39(49(45,46)27-16-17-27)29-11-6-5-10-28(29)37)40-32(22-12-14-24(35)15-13-22)33(23-8-7-9-25(36)18-23)47-30(34(40)42)19-31(41)38-48(43,44)21(2)3/h5-15,18,21,26-27,30,32-33H,4,16-17,19-20H2,1-3H3,(H,38,41)/t26?,30-,32-,33-/m1/s1. The molecule has 49 heavy (non-hydrogen) atoms. The summed E-state index contributed by atoms with van der Waals surface area (Å²) < 4.78 is 77.5. The maximum Gasteiger partial charge on any atom is 0.253 e. The molecule has 1 unspecified atom stereocenters. The average molecular weight is 755 g/mol. The smallest absolute Gasteiger partial charge is 0.253 e. The summed E-state index contributed by atoms with van der Waals surface area (Å²) in [5.41, 5.74) is 1.00. The minimum Gasteiger partial charge on any atom is -0.357 e. The van der Waals surface area contributed by atoms with Crippen LogP contribution in [0.25, 0.3) is 0 Å². The van der Waals surface area contributed by atoms with Crippen molar-refractivity contribution in [2.45, 2.75) is 81.2 Å². The summed E-state index contributed by atoms with van der Waals surface area (Å²) in [6.45, 7) is 4.30. The third-order valence-electron chi connectivity index (χ3n) is 8.68. The molecule has 0 radical (unpaired) electrons. The molecular weight excluding hydrogens is 716 g/mol. The summed E-state index contributed by atoms with van der Waals surface area (Å²) in [6.07, 6.45) is -1.97. The van der Waals surface area contributed by atoms with Gasteiger partial charge >= 0.3 is 0 Å². The van der Waals surface area contributed by atoms with Gasteiger partial charge in [-0.25, -0.2) is 21.2 Å². The Hall–Kier alpha value is -3.23. The largest absolute Gasteiger partial charge is 0.357 e. The van der Waals surface area contributed by atoms with Crippen molar-refractivity contribution in [3.05, 3.63) is 99.8 Å². The number of nitrogens with zero attached hydrogens (tertiary/aromatic N) is 2. The lowest BCUT2D eigenvalue weighted by atomic mass is 9.89. The Balaban J connectivity index is 1.64. The number of amides is 2. The highest BCUT2D eigenvalue weighted by atomic mass is 35.5. The maximum atomic E-state index is 15.3. The quantitative estimate of drug-likeness (QED) is 0.221. The molecule has 0 aromatic heterocycles. The highest BCUT2D eigenvalue weighted by molar-refractivity contribution is 7.93. The van der Waals surface area contributed by atoms with Gasteiger partial charge in [-0.1, -0.05) is 66.5 Å². The molecule has 3 aromatic rings. The Bertz CT molecular complexity index is 1910. The lowest BCUT2D eigenvalue weighted by Crippen LogP contribution is -2.58. The first kappa shape index (κ1) is 37.0. The third kappa shape index (κ3) is 8.23. The molecule has 1 saturated carbocycles. The number of ether oxygens (including phenoxy) is 1. The van der Waals surface area contributed by atoms with Gasteiger partial charge in [0.2, 0.25) is 26.0 Å². The van der Waals surface area contributed by atoms with Crippen LogP contribution in [0.2, 0.25) is 10.0 Å². The summed E-state index contributed by atoms with van der Waals surface area (Å²) in [7, 11) is -8.04. The van der Waals surface area contributed by atoms with E-state index >= 15 is 4.39 Å². The fraction of sp³-hybridized carbons (Fsp3) is 0.412. The van der Waals surface area contributed by atoms with Crippen molar-refractivity contribution in [3.63, 3.8) is 0 Å². The van der Waals surface area contributed by atoms with Gasteiger partial charge in [0.25, 0.3) is 5.91 Å². The van der Waals surface area contributed by atoms with Crippen molar-refractivity contribution in [2.75, 3.05) is 10.8 Å². The van der Waals surface area contributed by atoms with Gasteiger partial charge in [0.15, 0.2) is 0 Å².